The first-order valence-corrected chi connectivity index (χ1v) is 9.79. The summed E-state index contributed by atoms with van der Waals surface area (Å²) in [5.74, 6) is -0.0385. The zero-order valence-electron chi connectivity index (χ0n) is 15.7. The van der Waals surface area contributed by atoms with E-state index in [1.165, 1.54) is 6.42 Å². The van der Waals surface area contributed by atoms with Gasteiger partial charge in [-0.25, -0.2) is 0 Å². The number of piperidine rings is 1. The smallest absolute Gasteiger partial charge is 0.254 e. The third kappa shape index (κ3) is 4.89. The summed E-state index contributed by atoms with van der Waals surface area (Å²) in [7, 11) is 0. The third-order valence-electron chi connectivity index (χ3n) is 5.12. The molecule has 3 rings (SSSR count). The SMILES string of the molecule is CC1CCCC(C)N1C(=O)c1ccc(NC(=O)Cc2ccc(Cl)cc2)cc1. The minimum absolute atomic E-state index is 0.0636. The van der Waals surface area contributed by atoms with Crippen LogP contribution >= 0.6 is 11.6 Å². The van der Waals surface area contributed by atoms with E-state index in [1.807, 2.05) is 17.0 Å². The lowest BCUT2D eigenvalue weighted by Gasteiger charge is -2.39. The zero-order chi connectivity index (χ0) is 19.4. The Kier molecular flexibility index (Phi) is 6.17. The van der Waals surface area contributed by atoms with E-state index < -0.39 is 0 Å². The van der Waals surface area contributed by atoms with Crippen LogP contribution in [0, 0.1) is 0 Å². The summed E-state index contributed by atoms with van der Waals surface area (Å²) in [5, 5.41) is 3.52. The van der Waals surface area contributed by atoms with Crippen LogP contribution in [0.4, 0.5) is 5.69 Å². The maximum atomic E-state index is 12.9. The molecule has 2 aromatic carbocycles. The van der Waals surface area contributed by atoms with Crippen molar-refractivity contribution in [2.75, 3.05) is 5.32 Å². The second kappa shape index (κ2) is 8.57. The van der Waals surface area contributed by atoms with Gasteiger partial charge in [0.1, 0.15) is 0 Å². The van der Waals surface area contributed by atoms with Gasteiger partial charge in [0.15, 0.2) is 0 Å². The number of nitrogens with one attached hydrogen (secondary N) is 1. The lowest BCUT2D eigenvalue weighted by atomic mass is 9.96. The van der Waals surface area contributed by atoms with Crippen molar-refractivity contribution < 1.29 is 9.59 Å². The van der Waals surface area contributed by atoms with Crippen molar-refractivity contribution in [2.24, 2.45) is 0 Å². The number of anilines is 1. The highest BCUT2D eigenvalue weighted by atomic mass is 35.5. The summed E-state index contributed by atoms with van der Waals surface area (Å²) in [5.41, 5.74) is 2.24. The molecule has 0 radical (unpaired) electrons. The van der Waals surface area contributed by atoms with Crippen LogP contribution < -0.4 is 5.32 Å². The van der Waals surface area contributed by atoms with E-state index >= 15 is 0 Å². The Morgan fingerprint density at radius 3 is 2.19 bits per heavy atom. The van der Waals surface area contributed by atoms with Crippen molar-refractivity contribution in [3.8, 4) is 0 Å². The molecule has 1 fully saturated rings. The molecule has 0 bridgehead atoms. The molecule has 0 saturated carbocycles. The number of nitrogens with zero attached hydrogens (tertiary/aromatic N) is 1. The van der Waals surface area contributed by atoms with Gasteiger partial charge in [0, 0.05) is 28.4 Å². The van der Waals surface area contributed by atoms with E-state index in [2.05, 4.69) is 19.2 Å². The van der Waals surface area contributed by atoms with Crippen LogP contribution in [0.2, 0.25) is 5.02 Å². The summed E-state index contributed by atoms with van der Waals surface area (Å²) in [6.07, 6.45) is 3.55. The molecule has 5 heteroatoms. The van der Waals surface area contributed by atoms with Gasteiger partial charge in [-0.3, -0.25) is 9.59 Å². The number of amides is 2. The maximum absolute atomic E-state index is 12.9. The van der Waals surface area contributed by atoms with Gasteiger partial charge in [0.25, 0.3) is 5.91 Å². The standard InChI is InChI=1S/C22H25ClN2O2/c1-15-4-3-5-16(2)25(15)22(27)18-8-12-20(13-9-18)24-21(26)14-17-6-10-19(23)11-7-17/h6-13,15-16H,3-5,14H2,1-2H3,(H,24,26). The Balaban J connectivity index is 1.62. The van der Waals surface area contributed by atoms with E-state index in [4.69, 9.17) is 11.6 Å². The topological polar surface area (TPSA) is 49.4 Å². The highest BCUT2D eigenvalue weighted by molar-refractivity contribution is 6.30. The van der Waals surface area contributed by atoms with Crippen molar-refractivity contribution in [3.63, 3.8) is 0 Å². The third-order valence-corrected chi connectivity index (χ3v) is 5.37. The van der Waals surface area contributed by atoms with E-state index in [0.717, 1.165) is 18.4 Å². The normalized spacial score (nSPS) is 19.6. The van der Waals surface area contributed by atoms with Crippen LogP contribution in [0.25, 0.3) is 0 Å². The van der Waals surface area contributed by atoms with Crippen LogP contribution in [0.3, 0.4) is 0 Å². The Morgan fingerprint density at radius 1 is 1.00 bits per heavy atom. The largest absolute Gasteiger partial charge is 0.333 e. The molecule has 0 aromatic heterocycles. The Morgan fingerprint density at radius 2 is 1.59 bits per heavy atom. The fourth-order valence-electron chi connectivity index (χ4n) is 3.66. The van der Waals surface area contributed by atoms with Gasteiger partial charge >= 0.3 is 0 Å². The second-order valence-corrected chi connectivity index (χ2v) is 7.71. The van der Waals surface area contributed by atoms with Crippen molar-refractivity contribution in [1.82, 2.24) is 4.90 Å². The fourth-order valence-corrected chi connectivity index (χ4v) is 3.79. The number of benzene rings is 2. The highest BCUT2D eigenvalue weighted by Crippen LogP contribution is 2.25. The van der Waals surface area contributed by atoms with Crippen molar-refractivity contribution >= 4 is 29.1 Å². The molecule has 1 N–H and O–H groups in total. The molecule has 4 nitrogen and oxygen atoms in total. The van der Waals surface area contributed by atoms with Crippen molar-refractivity contribution in [2.45, 2.75) is 51.6 Å². The van der Waals surface area contributed by atoms with E-state index in [-0.39, 0.29) is 30.3 Å². The highest BCUT2D eigenvalue weighted by Gasteiger charge is 2.29. The number of carbonyl (C=O) groups excluding carboxylic acids is 2. The summed E-state index contributed by atoms with van der Waals surface area (Å²) in [6.45, 7) is 4.22. The van der Waals surface area contributed by atoms with Crippen LogP contribution in [-0.4, -0.2) is 28.8 Å². The molecule has 2 aromatic rings. The zero-order valence-corrected chi connectivity index (χ0v) is 16.5. The molecule has 142 valence electrons. The quantitative estimate of drug-likeness (QED) is 0.812. The first kappa shape index (κ1) is 19.4. The number of hydrogen-bond donors (Lipinski definition) is 1. The summed E-state index contributed by atoms with van der Waals surface area (Å²) < 4.78 is 0. The molecule has 1 heterocycles. The van der Waals surface area contributed by atoms with Crippen molar-refractivity contribution in [3.05, 3.63) is 64.7 Å². The second-order valence-electron chi connectivity index (χ2n) is 7.27. The maximum Gasteiger partial charge on any atom is 0.254 e. The Hall–Kier alpha value is -2.33. The molecule has 27 heavy (non-hydrogen) atoms. The molecule has 2 unspecified atom stereocenters. The van der Waals surface area contributed by atoms with Crippen molar-refractivity contribution in [1.29, 1.82) is 0 Å². The number of likely N-dealkylation sites (tertiary alicyclic amines) is 1. The van der Waals surface area contributed by atoms with E-state index in [9.17, 15) is 9.59 Å². The summed E-state index contributed by atoms with van der Waals surface area (Å²) in [4.78, 5) is 27.0. The number of rotatable bonds is 4. The molecule has 0 spiro atoms. The van der Waals surface area contributed by atoms with E-state index in [0.29, 0.717) is 16.3 Å². The predicted octanol–water partition coefficient (Wildman–Crippen LogP) is 4.92. The fraction of sp³-hybridized carbons (Fsp3) is 0.364. The summed E-state index contributed by atoms with van der Waals surface area (Å²) >= 11 is 5.86. The van der Waals surface area contributed by atoms with Crippen LogP contribution in [0.15, 0.2) is 48.5 Å². The van der Waals surface area contributed by atoms with E-state index in [1.54, 1.807) is 36.4 Å². The van der Waals surface area contributed by atoms with Gasteiger partial charge in [-0.2, -0.15) is 0 Å². The average Bonchev–Trinajstić information content (AvgIpc) is 2.64. The van der Waals surface area contributed by atoms with Crippen LogP contribution in [0.5, 0.6) is 0 Å². The average molecular weight is 385 g/mol. The van der Waals surface area contributed by atoms with Crippen LogP contribution in [-0.2, 0) is 11.2 Å². The Bertz CT molecular complexity index is 792. The predicted molar refractivity (Wildman–Crippen MR) is 109 cm³/mol. The molecule has 1 saturated heterocycles. The van der Waals surface area contributed by atoms with Gasteiger partial charge < -0.3 is 10.2 Å². The number of hydrogen-bond acceptors (Lipinski definition) is 2. The van der Waals surface area contributed by atoms with Crippen LogP contribution in [0.1, 0.15) is 49.0 Å². The molecule has 1 aliphatic heterocycles. The van der Waals surface area contributed by atoms with Gasteiger partial charge in [-0.15, -0.1) is 0 Å². The summed E-state index contributed by atoms with van der Waals surface area (Å²) in [6, 6.07) is 14.9. The molecular formula is C22H25ClN2O2. The minimum atomic E-state index is -0.102. The first-order chi connectivity index (χ1) is 12.9. The monoisotopic (exact) mass is 384 g/mol. The van der Waals surface area contributed by atoms with Gasteiger partial charge in [-0.1, -0.05) is 23.7 Å². The lowest BCUT2D eigenvalue weighted by Crippen LogP contribution is -2.47. The van der Waals surface area contributed by atoms with Gasteiger partial charge in [0.2, 0.25) is 5.91 Å². The first-order valence-electron chi connectivity index (χ1n) is 9.41. The van der Waals surface area contributed by atoms with Gasteiger partial charge in [0.05, 0.1) is 6.42 Å². The molecule has 0 aliphatic carbocycles. The lowest BCUT2D eigenvalue weighted by molar-refractivity contribution is -0.115. The number of carbonyl (C=O) groups is 2. The van der Waals surface area contributed by atoms with Gasteiger partial charge in [-0.05, 0) is 75.1 Å². The molecule has 1 aliphatic rings. The molecule has 2 amide bonds. The molecular weight excluding hydrogens is 360 g/mol. The Labute approximate surface area is 165 Å². The minimum Gasteiger partial charge on any atom is -0.333 e. The number of halogens is 1. The molecule has 2 atom stereocenters.